The first-order valence-electron chi connectivity index (χ1n) is 3.25. The van der Waals surface area contributed by atoms with Crippen molar-refractivity contribution in [1.82, 2.24) is 4.90 Å². The molecular weight excluding hydrogens is 112 g/mol. The van der Waals surface area contributed by atoms with Gasteiger partial charge in [0.15, 0.2) is 0 Å². The highest BCUT2D eigenvalue weighted by atomic mass is 15.1. The minimum atomic E-state index is 0.958. The fraction of sp³-hybridized carbons (Fsp3) is 0.571. The van der Waals surface area contributed by atoms with Gasteiger partial charge in [0, 0.05) is 19.3 Å². The van der Waals surface area contributed by atoms with Gasteiger partial charge < -0.3 is 0 Å². The molecule has 0 amide bonds. The molecule has 2 aliphatic rings. The van der Waals surface area contributed by atoms with Gasteiger partial charge in [-0.25, -0.2) is 0 Å². The van der Waals surface area contributed by atoms with E-state index in [2.05, 4.69) is 16.9 Å². The van der Waals surface area contributed by atoms with Crippen LogP contribution in [0, 0.1) is 0 Å². The first-order valence-corrected chi connectivity index (χ1v) is 3.25. The lowest BCUT2D eigenvalue weighted by molar-refractivity contribution is 0.425. The van der Waals surface area contributed by atoms with Crippen LogP contribution in [-0.4, -0.2) is 37.8 Å². The smallest absolute Gasteiger partial charge is 0.0618 e. The molecule has 48 valence electrons. The van der Waals surface area contributed by atoms with Crippen molar-refractivity contribution in [2.75, 3.05) is 26.7 Å². The molecule has 0 N–H and O–H groups in total. The van der Waals surface area contributed by atoms with E-state index in [1.807, 2.05) is 6.21 Å². The summed E-state index contributed by atoms with van der Waals surface area (Å²) in [6.45, 7) is 3.20. The lowest BCUT2D eigenvalue weighted by Gasteiger charge is -2.06. The molecule has 2 nitrogen and oxygen atoms in total. The normalized spacial score (nSPS) is 25.9. The van der Waals surface area contributed by atoms with Crippen molar-refractivity contribution in [3.05, 3.63) is 11.1 Å². The molecule has 0 aromatic rings. The summed E-state index contributed by atoms with van der Waals surface area (Å²) in [5, 5.41) is 0. The summed E-state index contributed by atoms with van der Waals surface area (Å²) in [4.78, 5) is 6.49. The van der Waals surface area contributed by atoms with Gasteiger partial charge in [-0.3, -0.25) is 9.89 Å². The Kier molecular flexibility index (Phi) is 0.963. The summed E-state index contributed by atoms with van der Waals surface area (Å²) >= 11 is 0. The maximum Gasteiger partial charge on any atom is 0.0618 e. The summed E-state index contributed by atoms with van der Waals surface area (Å²) in [7, 11) is 2.14. The maximum atomic E-state index is 4.18. The molecule has 2 heteroatoms. The molecular formula is C7H10N2. The average Bonchev–Trinajstić information content (AvgIpc) is 2.22. The molecule has 0 aromatic heterocycles. The summed E-state index contributed by atoms with van der Waals surface area (Å²) in [6, 6.07) is 0. The zero-order valence-electron chi connectivity index (χ0n) is 5.59. The molecule has 0 aromatic carbocycles. The summed E-state index contributed by atoms with van der Waals surface area (Å²) in [6.07, 6.45) is 2.01. The lowest BCUT2D eigenvalue weighted by atomic mass is 10.2. The van der Waals surface area contributed by atoms with Crippen LogP contribution >= 0.6 is 0 Å². The third kappa shape index (κ3) is 0.704. The Labute approximate surface area is 54.9 Å². The monoisotopic (exact) mass is 122 g/mol. The van der Waals surface area contributed by atoms with E-state index in [0.29, 0.717) is 0 Å². The zero-order chi connectivity index (χ0) is 6.27. The Morgan fingerprint density at radius 1 is 1.56 bits per heavy atom. The molecule has 0 saturated carbocycles. The van der Waals surface area contributed by atoms with Crippen LogP contribution in [0.3, 0.4) is 0 Å². The van der Waals surface area contributed by atoms with Gasteiger partial charge in [0.1, 0.15) is 0 Å². The van der Waals surface area contributed by atoms with Crippen molar-refractivity contribution >= 4 is 6.21 Å². The van der Waals surface area contributed by atoms with Crippen LogP contribution in [0.25, 0.3) is 0 Å². The quantitative estimate of drug-likeness (QED) is 0.451. The van der Waals surface area contributed by atoms with Gasteiger partial charge >= 0.3 is 0 Å². The first-order chi connectivity index (χ1) is 4.36. The van der Waals surface area contributed by atoms with Gasteiger partial charge in [0.2, 0.25) is 0 Å². The van der Waals surface area contributed by atoms with Crippen LogP contribution < -0.4 is 0 Å². The second kappa shape index (κ2) is 1.67. The van der Waals surface area contributed by atoms with Crippen LogP contribution in [0.1, 0.15) is 0 Å². The molecule has 0 saturated heterocycles. The van der Waals surface area contributed by atoms with Gasteiger partial charge in [0.05, 0.1) is 6.54 Å². The van der Waals surface area contributed by atoms with Gasteiger partial charge in [-0.05, 0) is 18.2 Å². The molecule has 2 heterocycles. The standard InChI is InChI=1S/C7H10N2/c1-9-4-6-2-8-3-7(6)5-9/h2H,3-5H2,1H3. The largest absolute Gasteiger partial charge is 0.298 e. The topological polar surface area (TPSA) is 15.6 Å². The zero-order valence-corrected chi connectivity index (χ0v) is 5.59. The minimum Gasteiger partial charge on any atom is -0.298 e. The molecule has 2 aliphatic heterocycles. The molecule has 0 aliphatic carbocycles. The predicted octanol–water partition coefficient (Wildman–Crippen LogP) is 0.313. The molecule has 0 atom stereocenters. The van der Waals surface area contributed by atoms with E-state index in [1.165, 1.54) is 11.1 Å². The number of rotatable bonds is 0. The van der Waals surface area contributed by atoms with Crippen LogP contribution in [-0.2, 0) is 0 Å². The Bertz CT molecular complexity index is 191. The van der Waals surface area contributed by atoms with E-state index in [9.17, 15) is 0 Å². The first kappa shape index (κ1) is 5.18. The van der Waals surface area contributed by atoms with Crippen molar-refractivity contribution < 1.29 is 0 Å². The van der Waals surface area contributed by atoms with Gasteiger partial charge in [-0.2, -0.15) is 0 Å². The Hall–Kier alpha value is -0.630. The number of hydrogen-bond acceptors (Lipinski definition) is 2. The van der Waals surface area contributed by atoms with Crippen molar-refractivity contribution in [3.63, 3.8) is 0 Å². The highest BCUT2D eigenvalue weighted by Gasteiger charge is 2.19. The van der Waals surface area contributed by atoms with Gasteiger partial charge in [-0.15, -0.1) is 0 Å². The van der Waals surface area contributed by atoms with Crippen molar-refractivity contribution in [2.45, 2.75) is 0 Å². The van der Waals surface area contributed by atoms with E-state index >= 15 is 0 Å². The summed E-state index contributed by atoms with van der Waals surface area (Å²) in [5.74, 6) is 0. The fourth-order valence-electron chi connectivity index (χ4n) is 1.44. The highest BCUT2D eigenvalue weighted by molar-refractivity contribution is 5.84. The molecule has 0 spiro atoms. The second-order valence-electron chi connectivity index (χ2n) is 2.77. The third-order valence-corrected chi connectivity index (χ3v) is 1.88. The Morgan fingerprint density at radius 3 is 3.22 bits per heavy atom. The van der Waals surface area contributed by atoms with E-state index in [-0.39, 0.29) is 0 Å². The van der Waals surface area contributed by atoms with Crippen LogP contribution in [0.2, 0.25) is 0 Å². The molecule has 0 bridgehead atoms. The predicted molar refractivity (Wildman–Crippen MR) is 37.9 cm³/mol. The molecule has 2 rings (SSSR count). The van der Waals surface area contributed by atoms with E-state index in [1.54, 1.807) is 0 Å². The van der Waals surface area contributed by atoms with E-state index < -0.39 is 0 Å². The molecule has 0 unspecified atom stereocenters. The SMILES string of the molecule is CN1CC2=C(CN=C2)C1. The number of likely N-dealkylation sites (N-methyl/N-ethyl adjacent to an activating group) is 1. The van der Waals surface area contributed by atoms with Crippen LogP contribution in [0.5, 0.6) is 0 Å². The summed E-state index contributed by atoms with van der Waals surface area (Å²) in [5.41, 5.74) is 2.98. The van der Waals surface area contributed by atoms with Crippen molar-refractivity contribution in [1.29, 1.82) is 0 Å². The van der Waals surface area contributed by atoms with E-state index in [0.717, 1.165) is 19.6 Å². The van der Waals surface area contributed by atoms with Crippen LogP contribution in [0.4, 0.5) is 0 Å². The number of nitrogens with zero attached hydrogens (tertiary/aromatic N) is 2. The second-order valence-corrected chi connectivity index (χ2v) is 2.77. The molecule has 0 radical (unpaired) electrons. The Morgan fingerprint density at radius 2 is 2.44 bits per heavy atom. The van der Waals surface area contributed by atoms with E-state index in [4.69, 9.17) is 0 Å². The van der Waals surface area contributed by atoms with Crippen molar-refractivity contribution in [3.8, 4) is 0 Å². The van der Waals surface area contributed by atoms with Crippen LogP contribution in [0.15, 0.2) is 16.1 Å². The average molecular weight is 122 g/mol. The highest BCUT2D eigenvalue weighted by Crippen LogP contribution is 2.18. The summed E-state index contributed by atoms with van der Waals surface area (Å²) < 4.78 is 0. The number of aliphatic imine (C=N–C) groups is 1. The Balaban J connectivity index is 2.22. The molecule has 9 heavy (non-hydrogen) atoms. The minimum absolute atomic E-state index is 0.958. The van der Waals surface area contributed by atoms with Gasteiger partial charge in [0.25, 0.3) is 0 Å². The maximum absolute atomic E-state index is 4.18. The third-order valence-electron chi connectivity index (χ3n) is 1.88. The number of hydrogen-bond donors (Lipinski definition) is 0. The fourth-order valence-corrected chi connectivity index (χ4v) is 1.44. The lowest BCUT2D eigenvalue weighted by Crippen LogP contribution is -2.16. The van der Waals surface area contributed by atoms with Crippen molar-refractivity contribution in [2.24, 2.45) is 4.99 Å². The van der Waals surface area contributed by atoms with Gasteiger partial charge in [-0.1, -0.05) is 0 Å². The molecule has 0 fully saturated rings.